The number of likely N-dealkylation sites (tertiary alicyclic amines) is 1. The number of aliphatic hydroxyl groups excluding tert-OH is 1. The first-order chi connectivity index (χ1) is 10.8. The largest absolute Gasteiger partial charge is 0.396 e. The van der Waals surface area contributed by atoms with Crippen molar-refractivity contribution in [2.75, 3.05) is 26.2 Å². The molecule has 1 aromatic heterocycles. The van der Waals surface area contributed by atoms with Crippen molar-refractivity contribution in [3.05, 3.63) is 30.1 Å². The van der Waals surface area contributed by atoms with E-state index < -0.39 is 0 Å². The lowest BCUT2D eigenvalue weighted by Crippen LogP contribution is -2.35. The second-order valence-electron chi connectivity index (χ2n) is 6.24. The molecule has 0 saturated carbocycles. The van der Waals surface area contributed by atoms with Crippen molar-refractivity contribution in [3.63, 3.8) is 0 Å². The Morgan fingerprint density at radius 1 is 1.18 bits per heavy atom. The number of aryl methyl sites for hydroxylation is 1. The van der Waals surface area contributed by atoms with Gasteiger partial charge in [-0.1, -0.05) is 19.1 Å². The van der Waals surface area contributed by atoms with Crippen molar-refractivity contribution in [2.24, 2.45) is 0 Å². The van der Waals surface area contributed by atoms with Gasteiger partial charge in [-0.25, -0.2) is 4.98 Å². The van der Waals surface area contributed by atoms with Gasteiger partial charge in [-0.05, 0) is 44.4 Å². The highest BCUT2D eigenvalue weighted by Crippen LogP contribution is 2.29. The normalized spacial score (nSPS) is 17.4. The molecule has 0 bridgehead atoms. The molecular weight excluding hydrogens is 274 g/mol. The predicted octanol–water partition coefficient (Wildman–Crippen LogP) is 3.01. The number of para-hydroxylation sites is 2. The molecule has 0 radical (unpaired) electrons. The van der Waals surface area contributed by atoms with E-state index in [1.165, 1.54) is 24.2 Å². The van der Waals surface area contributed by atoms with Gasteiger partial charge in [-0.2, -0.15) is 0 Å². The molecular formula is C18H27N3O. The predicted molar refractivity (Wildman–Crippen MR) is 90.1 cm³/mol. The lowest BCUT2D eigenvalue weighted by atomic mass is 10.0. The first-order valence-electron chi connectivity index (χ1n) is 8.62. The summed E-state index contributed by atoms with van der Waals surface area (Å²) in [5.41, 5.74) is 2.42. The quantitative estimate of drug-likeness (QED) is 0.834. The summed E-state index contributed by atoms with van der Waals surface area (Å²) in [4.78, 5) is 7.35. The van der Waals surface area contributed by atoms with Crippen LogP contribution in [0.3, 0.4) is 0 Å². The Kier molecular flexibility index (Phi) is 5.11. The molecule has 1 fully saturated rings. The standard InChI is InChI=1S/C18H27N3O/c1-2-18-19-16-7-3-4-8-17(16)21(18)15-9-12-20(13-10-15)11-5-6-14-22/h3-4,7-8,15,22H,2,5-6,9-14H2,1H3. The highest BCUT2D eigenvalue weighted by molar-refractivity contribution is 5.76. The van der Waals surface area contributed by atoms with E-state index in [1.807, 2.05) is 0 Å². The second kappa shape index (κ2) is 7.25. The zero-order valence-electron chi connectivity index (χ0n) is 13.5. The number of unbranched alkanes of at least 4 members (excludes halogenated alkanes) is 1. The Labute approximate surface area is 132 Å². The minimum Gasteiger partial charge on any atom is -0.396 e. The van der Waals surface area contributed by atoms with Crippen LogP contribution < -0.4 is 0 Å². The molecule has 0 amide bonds. The van der Waals surface area contributed by atoms with E-state index in [0.29, 0.717) is 12.6 Å². The summed E-state index contributed by atoms with van der Waals surface area (Å²) >= 11 is 0. The number of piperidine rings is 1. The van der Waals surface area contributed by atoms with Crippen LogP contribution in [0.1, 0.15) is 44.5 Å². The number of aromatic nitrogens is 2. The maximum atomic E-state index is 8.89. The van der Waals surface area contributed by atoms with Gasteiger partial charge in [-0.3, -0.25) is 0 Å². The molecule has 1 aliphatic rings. The second-order valence-corrected chi connectivity index (χ2v) is 6.24. The Morgan fingerprint density at radius 3 is 2.68 bits per heavy atom. The molecule has 120 valence electrons. The van der Waals surface area contributed by atoms with Crippen LogP contribution in [-0.4, -0.2) is 45.8 Å². The minimum absolute atomic E-state index is 0.317. The van der Waals surface area contributed by atoms with Gasteiger partial charge in [0.15, 0.2) is 0 Å². The lowest BCUT2D eigenvalue weighted by molar-refractivity contribution is 0.178. The summed E-state index contributed by atoms with van der Waals surface area (Å²) in [6.45, 7) is 5.95. The van der Waals surface area contributed by atoms with Crippen molar-refractivity contribution in [1.29, 1.82) is 0 Å². The van der Waals surface area contributed by atoms with Crippen LogP contribution in [0, 0.1) is 0 Å². The van der Waals surface area contributed by atoms with Gasteiger partial charge in [0.2, 0.25) is 0 Å². The number of hydrogen-bond donors (Lipinski definition) is 1. The molecule has 22 heavy (non-hydrogen) atoms. The zero-order valence-corrected chi connectivity index (χ0v) is 13.5. The molecule has 0 aliphatic carbocycles. The van der Waals surface area contributed by atoms with E-state index in [4.69, 9.17) is 10.1 Å². The van der Waals surface area contributed by atoms with Gasteiger partial charge in [0.1, 0.15) is 5.82 Å². The molecule has 1 saturated heterocycles. The van der Waals surface area contributed by atoms with Gasteiger partial charge in [0.05, 0.1) is 11.0 Å². The maximum absolute atomic E-state index is 8.89. The van der Waals surface area contributed by atoms with Gasteiger partial charge in [-0.15, -0.1) is 0 Å². The van der Waals surface area contributed by atoms with Crippen LogP contribution >= 0.6 is 0 Å². The summed E-state index contributed by atoms with van der Waals surface area (Å²) in [6.07, 6.45) is 5.42. The minimum atomic E-state index is 0.317. The summed E-state index contributed by atoms with van der Waals surface area (Å²) in [5, 5.41) is 8.89. The third-order valence-electron chi connectivity index (χ3n) is 4.79. The fourth-order valence-electron chi connectivity index (χ4n) is 3.60. The third-order valence-corrected chi connectivity index (χ3v) is 4.79. The Bertz CT molecular complexity index is 599. The SMILES string of the molecule is CCc1nc2ccccc2n1C1CCN(CCCCO)CC1. The van der Waals surface area contributed by atoms with Gasteiger partial charge >= 0.3 is 0 Å². The topological polar surface area (TPSA) is 41.3 Å². The van der Waals surface area contributed by atoms with E-state index in [9.17, 15) is 0 Å². The Morgan fingerprint density at radius 2 is 1.95 bits per heavy atom. The summed E-state index contributed by atoms with van der Waals surface area (Å²) < 4.78 is 2.49. The van der Waals surface area contributed by atoms with E-state index >= 15 is 0 Å². The number of benzene rings is 1. The molecule has 0 unspecified atom stereocenters. The number of aliphatic hydroxyl groups is 1. The molecule has 1 N–H and O–H groups in total. The number of hydrogen-bond acceptors (Lipinski definition) is 3. The fraction of sp³-hybridized carbons (Fsp3) is 0.611. The van der Waals surface area contributed by atoms with E-state index in [2.05, 4.69) is 40.7 Å². The van der Waals surface area contributed by atoms with Crippen LogP contribution in [0.5, 0.6) is 0 Å². The van der Waals surface area contributed by atoms with Crippen LogP contribution in [0.25, 0.3) is 11.0 Å². The molecule has 2 aromatic rings. The van der Waals surface area contributed by atoms with Crippen LogP contribution in [-0.2, 0) is 6.42 Å². The molecule has 3 rings (SSSR count). The molecule has 4 heteroatoms. The van der Waals surface area contributed by atoms with E-state index in [0.717, 1.165) is 44.4 Å². The third kappa shape index (κ3) is 3.18. The molecule has 4 nitrogen and oxygen atoms in total. The highest BCUT2D eigenvalue weighted by Gasteiger charge is 2.23. The number of nitrogens with zero attached hydrogens (tertiary/aromatic N) is 3. The van der Waals surface area contributed by atoms with Crippen molar-refractivity contribution in [2.45, 2.75) is 45.1 Å². The van der Waals surface area contributed by atoms with Gasteiger partial charge < -0.3 is 14.6 Å². The average Bonchev–Trinajstić information content (AvgIpc) is 2.94. The first kappa shape index (κ1) is 15.5. The van der Waals surface area contributed by atoms with Crippen molar-refractivity contribution in [3.8, 4) is 0 Å². The summed E-state index contributed by atoms with van der Waals surface area (Å²) in [5.74, 6) is 1.22. The van der Waals surface area contributed by atoms with E-state index in [-0.39, 0.29) is 0 Å². The smallest absolute Gasteiger partial charge is 0.109 e. The average molecular weight is 301 g/mol. The summed E-state index contributed by atoms with van der Waals surface area (Å²) in [7, 11) is 0. The Hall–Kier alpha value is -1.39. The highest BCUT2D eigenvalue weighted by atomic mass is 16.2. The lowest BCUT2D eigenvalue weighted by Gasteiger charge is -2.33. The van der Waals surface area contributed by atoms with Crippen LogP contribution in [0.2, 0.25) is 0 Å². The fourth-order valence-corrected chi connectivity index (χ4v) is 3.60. The maximum Gasteiger partial charge on any atom is 0.109 e. The molecule has 0 spiro atoms. The number of rotatable bonds is 6. The van der Waals surface area contributed by atoms with Crippen molar-refractivity contribution in [1.82, 2.24) is 14.5 Å². The van der Waals surface area contributed by atoms with Gasteiger partial charge in [0.25, 0.3) is 0 Å². The number of fused-ring (bicyclic) bond motifs is 1. The Balaban J connectivity index is 1.71. The van der Waals surface area contributed by atoms with E-state index in [1.54, 1.807) is 0 Å². The zero-order chi connectivity index (χ0) is 15.4. The van der Waals surface area contributed by atoms with Gasteiger partial charge in [0, 0.05) is 32.2 Å². The van der Waals surface area contributed by atoms with Crippen LogP contribution in [0.15, 0.2) is 24.3 Å². The summed E-state index contributed by atoms with van der Waals surface area (Å²) in [6, 6.07) is 9.09. The monoisotopic (exact) mass is 301 g/mol. The van der Waals surface area contributed by atoms with Crippen LogP contribution in [0.4, 0.5) is 0 Å². The molecule has 0 atom stereocenters. The number of imidazole rings is 1. The first-order valence-corrected chi connectivity index (χ1v) is 8.62. The molecule has 2 heterocycles. The van der Waals surface area contributed by atoms with Crippen molar-refractivity contribution < 1.29 is 5.11 Å². The van der Waals surface area contributed by atoms with Crippen molar-refractivity contribution >= 4 is 11.0 Å². The molecule has 1 aliphatic heterocycles. The molecule has 1 aromatic carbocycles.